The Morgan fingerprint density at radius 3 is 2.50 bits per heavy atom. The van der Waals surface area contributed by atoms with E-state index in [1.165, 1.54) is 0 Å². The first-order valence-corrected chi connectivity index (χ1v) is 8.62. The largest absolute Gasteiger partial charge is 0.497 e. The van der Waals surface area contributed by atoms with Gasteiger partial charge in [0.2, 0.25) is 5.88 Å². The SMILES string of the molecule is COc1ccc2c(c1)c(N=NC(N)=O)c(O)n2CCN(C(C)C)C(C)C. The van der Waals surface area contributed by atoms with E-state index in [2.05, 4.69) is 42.8 Å². The second-order valence-electron chi connectivity index (χ2n) is 6.67. The molecule has 0 bridgehead atoms. The average Bonchev–Trinajstić information content (AvgIpc) is 2.83. The van der Waals surface area contributed by atoms with Gasteiger partial charge < -0.3 is 20.1 Å². The van der Waals surface area contributed by atoms with Gasteiger partial charge in [0.15, 0.2) is 5.69 Å². The lowest BCUT2D eigenvalue weighted by atomic mass is 10.2. The predicted molar refractivity (Wildman–Crippen MR) is 101 cm³/mol. The second-order valence-corrected chi connectivity index (χ2v) is 6.67. The lowest BCUT2D eigenvalue weighted by molar-refractivity contribution is 0.167. The number of hydrogen-bond donors (Lipinski definition) is 2. The highest BCUT2D eigenvalue weighted by Gasteiger charge is 2.20. The van der Waals surface area contributed by atoms with Crippen molar-refractivity contribution in [2.24, 2.45) is 16.0 Å². The van der Waals surface area contributed by atoms with Crippen molar-refractivity contribution in [3.63, 3.8) is 0 Å². The molecule has 0 radical (unpaired) electrons. The summed E-state index contributed by atoms with van der Waals surface area (Å²) in [5, 5.41) is 18.5. The van der Waals surface area contributed by atoms with Crippen LogP contribution in [0.4, 0.5) is 10.5 Å². The molecule has 0 fully saturated rings. The van der Waals surface area contributed by atoms with Gasteiger partial charge in [0.1, 0.15) is 5.75 Å². The predicted octanol–water partition coefficient (Wildman–Crippen LogP) is 3.64. The number of carbonyl (C=O) groups is 1. The fourth-order valence-corrected chi connectivity index (χ4v) is 3.18. The molecule has 1 aromatic heterocycles. The summed E-state index contributed by atoms with van der Waals surface area (Å²) < 4.78 is 7.02. The van der Waals surface area contributed by atoms with Gasteiger partial charge in [0.25, 0.3) is 0 Å². The van der Waals surface area contributed by atoms with E-state index in [1.807, 2.05) is 12.1 Å². The van der Waals surface area contributed by atoms with E-state index in [4.69, 9.17) is 10.5 Å². The lowest BCUT2D eigenvalue weighted by Gasteiger charge is -2.30. The number of methoxy groups -OCH3 is 1. The molecule has 0 atom stereocenters. The number of carbonyl (C=O) groups excluding carboxylic acids is 1. The zero-order valence-electron chi connectivity index (χ0n) is 15.9. The van der Waals surface area contributed by atoms with E-state index in [0.29, 0.717) is 29.8 Å². The fourth-order valence-electron chi connectivity index (χ4n) is 3.18. The third kappa shape index (κ3) is 4.13. The monoisotopic (exact) mass is 361 g/mol. The van der Waals surface area contributed by atoms with E-state index in [0.717, 1.165) is 12.1 Å². The number of ether oxygens (including phenoxy) is 1. The van der Waals surface area contributed by atoms with E-state index in [1.54, 1.807) is 17.7 Å². The molecule has 0 aliphatic rings. The number of aromatic nitrogens is 1. The summed E-state index contributed by atoms with van der Waals surface area (Å²) in [4.78, 5) is 13.3. The number of azo groups is 1. The van der Waals surface area contributed by atoms with Crippen LogP contribution in [0.2, 0.25) is 0 Å². The minimum Gasteiger partial charge on any atom is -0.497 e. The Balaban J connectivity index is 2.48. The minimum atomic E-state index is -0.918. The zero-order valence-corrected chi connectivity index (χ0v) is 15.9. The number of fused-ring (bicyclic) bond motifs is 1. The number of benzene rings is 1. The molecule has 0 saturated heterocycles. The van der Waals surface area contributed by atoms with Gasteiger partial charge in [-0.05, 0) is 45.9 Å². The Kier molecular flexibility index (Phi) is 6.20. The number of aromatic hydroxyl groups is 1. The van der Waals surface area contributed by atoms with Crippen molar-refractivity contribution in [3.05, 3.63) is 18.2 Å². The second kappa shape index (κ2) is 8.18. The van der Waals surface area contributed by atoms with Crippen LogP contribution in [0.1, 0.15) is 27.7 Å². The molecule has 8 nitrogen and oxygen atoms in total. The molecule has 0 spiro atoms. The first kappa shape index (κ1) is 19.7. The van der Waals surface area contributed by atoms with Gasteiger partial charge in [-0.2, -0.15) is 0 Å². The minimum absolute atomic E-state index is 0.0503. The summed E-state index contributed by atoms with van der Waals surface area (Å²) in [6.45, 7) is 9.90. The number of nitrogens with zero attached hydrogens (tertiary/aromatic N) is 4. The quantitative estimate of drug-likeness (QED) is 0.734. The van der Waals surface area contributed by atoms with Crippen molar-refractivity contribution in [1.29, 1.82) is 0 Å². The molecule has 2 rings (SSSR count). The molecule has 26 heavy (non-hydrogen) atoms. The van der Waals surface area contributed by atoms with Gasteiger partial charge >= 0.3 is 6.03 Å². The summed E-state index contributed by atoms with van der Waals surface area (Å²) in [5.74, 6) is 0.571. The molecule has 0 aliphatic carbocycles. The van der Waals surface area contributed by atoms with Crippen LogP contribution in [0.5, 0.6) is 11.6 Å². The van der Waals surface area contributed by atoms with Crippen molar-refractivity contribution in [2.45, 2.75) is 46.3 Å². The van der Waals surface area contributed by atoms with Crippen LogP contribution in [0.3, 0.4) is 0 Å². The highest BCUT2D eigenvalue weighted by Crippen LogP contribution is 2.40. The molecule has 2 amide bonds. The van der Waals surface area contributed by atoms with Crippen LogP contribution in [0, 0.1) is 0 Å². The zero-order chi connectivity index (χ0) is 19.4. The molecule has 0 unspecified atom stereocenters. The third-order valence-electron chi connectivity index (χ3n) is 4.37. The van der Waals surface area contributed by atoms with Gasteiger partial charge in [-0.3, -0.25) is 4.90 Å². The summed E-state index contributed by atoms with van der Waals surface area (Å²) in [6.07, 6.45) is 0. The van der Waals surface area contributed by atoms with Crippen LogP contribution < -0.4 is 10.5 Å². The van der Waals surface area contributed by atoms with Crippen molar-refractivity contribution >= 4 is 22.6 Å². The van der Waals surface area contributed by atoms with Crippen molar-refractivity contribution in [1.82, 2.24) is 9.47 Å². The molecule has 1 aromatic carbocycles. The number of nitrogens with two attached hydrogens (primary N) is 1. The number of rotatable bonds is 7. The lowest BCUT2D eigenvalue weighted by Crippen LogP contribution is -2.39. The van der Waals surface area contributed by atoms with Crippen LogP contribution in [-0.4, -0.2) is 46.3 Å². The van der Waals surface area contributed by atoms with E-state index < -0.39 is 6.03 Å². The van der Waals surface area contributed by atoms with Crippen LogP contribution in [0.25, 0.3) is 10.9 Å². The Morgan fingerprint density at radius 1 is 1.31 bits per heavy atom. The Hall–Kier alpha value is -2.61. The maximum absolute atomic E-state index is 11.0. The Bertz CT molecular complexity index is 803. The molecular weight excluding hydrogens is 334 g/mol. The molecule has 0 aliphatic heterocycles. The average molecular weight is 361 g/mol. The Labute approximate surface area is 153 Å². The third-order valence-corrected chi connectivity index (χ3v) is 4.37. The van der Waals surface area contributed by atoms with Crippen molar-refractivity contribution in [2.75, 3.05) is 13.7 Å². The van der Waals surface area contributed by atoms with E-state index in [9.17, 15) is 9.90 Å². The van der Waals surface area contributed by atoms with Crippen LogP contribution in [0.15, 0.2) is 28.4 Å². The van der Waals surface area contributed by atoms with Gasteiger partial charge in [-0.15, -0.1) is 5.11 Å². The van der Waals surface area contributed by atoms with Crippen molar-refractivity contribution < 1.29 is 14.6 Å². The fraction of sp³-hybridized carbons (Fsp3) is 0.500. The molecule has 142 valence electrons. The van der Waals surface area contributed by atoms with E-state index >= 15 is 0 Å². The molecular formula is C18H27N5O3. The van der Waals surface area contributed by atoms with Gasteiger partial charge in [-0.1, -0.05) is 5.11 Å². The summed E-state index contributed by atoms with van der Waals surface area (Å²) in [6, 6.07) is 5.27. The van der Waals surface area contributed by atoms with Crippen LogP contribution in [-0.2, 0) is 6.54 Å². The number of urea groups is 1. The van der Waals surface area contributed by atoms with Gasteiger partial charge in [0, 0.05) is 30.6 Å². The molecule has 8 heteroatoms. The number of primary amides is 1. The van der Waals surface area contributed by atoms with Crippen LogP contribution >= 0.6 is 0 Å². The first-order chi connectivity index (χ1) is 12.3. The first-order valence-electron chi connectivity index (χ1n) is 8.62. The van der Waals surface area contributed by atoms with Crippen molar-refractivity contribution in [3.8, 4) is 11.6 Å². The van der Waals surface area contributed by atoms with Gasteiger partial charge in [-0.25, -0.2) is 4.79 Å². The van der Waals surface area contributed by atoms with E-state index in [-0.39, 0.29) is 11.6 Å². The smallest absolute Gasteiger partial charge is 0.356 e. The van der Waals surface area contributed by atoms with Gasteiger partial charge in [0.05, 0.1) is 12.6 Å². The molecule has 2 aromatic rings. The topological polar surface area (TPSA) is 105 Å². The summed E-state index contributed by atoms with van der Waals surface area (Å²) >= 11 is 0. The number of amides is 2. The molecule has 1 heterocycles. The highest BCUT2D eigenvalue weighted by molar-refractivity contribution is 5.96. The molecule has 3 N–H and O–H groups in total. The summed E-state index contributed by atoms with van der Waals surface area (Å²) in [7, 11) is 1.56. The normalized spacial score (nSPS) is 12.2. The molecule has 0 saturated carbocycles. The maximum Gasteiger partial charge on any atom is 0.356 e. The number of hydrogen-bond acceptors (Lipinski definition) is 5. The summed E-state index contributed by atoms with van der Waals surface area (Å²) in [5.41, 5.74) is 6.04. The standard InChI is InChI=1S/C18H27N5O3/c1-11(2)22(12(3)4)8-9-23-15-7-6-13(26-5)10-14(15)16(17(23)24)20-21-18(19)25/h6-7,10-12,24H,8-9H2,1-5H3,(H2,19,25). The highest BCUT2D eigenvalue weighted by atomic mass is 16.5. The maximum atomic E-state index is 11.0. The Morgan fingerprint density at radius 2 is 1.96 bits per heavy atom.